The van der Waals surface area contributed by atoms with E-state index in [9.17, 15) is 0 Å². The van der Waals surface area contributed by atoms with Crippen molar-refractivity contribution in [1.82, 2.24) is 9.97 Å². The number of hydrogen-bond acceptors (Lipinski definition) is 5. The largest absolute Gasteiger partial charge is 0.497 e. The van der Waals surface area contributed by atoms with E-state index in [1.165, 1.54) is 0 Å². The molecule has 0 radical (unpaired) electrons. The topological polar surface area (TPSA) is 70.3 Å². The van der Waals surface area contributed by atoms with Gasteiger partial charge in [-0.2, -0.15) is 9.97 Å². The molecule has 18 heavy (non-hydrogen) atoms. The van der Waals surface area contributed by atoms with Gasteiger partial charge in [0.1, 0.15) is 22.8 Å². The number of hydrogen-bond donors (Lipinski definition) is 1. The van der Waals surface area contributed by atoms with Crippen LogP contribution < -0.4 is 15.2 Å². The van der Waals surface area contributed by atoms with Crippen molar-refractivity contribution in [2.45, 2.75) is 6.61 Å². The predicted molar refractivity (Wildman–Crippen MR) is 71.5 cm³/mol. The van der Waals surface area contributed by atoms with E-state index in [0.29, 0.717) is 17.0 Å². The van der Waals surface area contributed by atoms with Gasteiger partial charge in [-0.3, -0.25) is 0 Å². The Morgan fingerprint density at radius 2 is 2.11 bits per heavy atom. The van der Waals surface area contributed by atoms with Crippen LogP contribution >= 0.6 is 15.9 Å². The molecule has 94 valence electrons. The maximum atomic E-state index is 5.59. The van der Waals surface area contributed by atoms with Crippen LogP contribution in [0.15, 0.2) is 34.9 Å². The molecule has 0 aliphatic rings. The second-order valence-corrected chi connectivity index (χ2v) is 4.35. The van der Waals surface area contributed by atoms with E-state index >= 15 is 0 Å². The van der Waals surface area contributed by atoms with Crippen LogP contribution in [0, 0.1) is 0 Å². The van der Waals surface area contributed by atoms with Crippen LogP contribution in [0.25, 0.3) is 0 Å². The van der Waals surface area contributed by atoms with E-state index in [2.05, 4.69) is 25.9 Å². The maximum absolute atomic E-state index is 5.59. The SMILES string of the molecule is COc1cccc(COc2nc(N)cc(Br)n2)c1. The zero-order chi connectivity index (χ0) is 13.0. The van der Waals surface area contributed by atoms with Gasteiger partial charge in [-0.05, 0) is 33.6 Å². The number of nitrogen functional groups attached to an aromatic ring is 1. The number of anilines is 1. The summed E-state index contributed by atoms with van der Waals surface area (Å²) in [6.45, 7) is 0.354. The second kappa shape index (κ2) is 5.68. The Kier molecular flexibility index (Phi) is 3.99. The molecule has 6 heteroatoms. The zero-order valence-corrected chi connectivity index (χ0v) is 11.3. The van der Waals surface area contributed by atoms with Crippen molar-refractivity contribution >= 4 is 21.7 Å². The number of halogens is 1. The first kappa shape index (κ1) is 12.6. The Morgan fingerprint density at radius 1 is 1.28 bits per heavy atom. The lowest BCUT2D eigenvalue weighted by Gasteiger charge is -2.06. The Bertz CT molecular complexity index is 528. The molecule has 2 rings (SSSR count). The first-order valence-electron chi connectivity index (χ1n) is 5.23. The van der Waals surface area contributed by atoms with Crippen molar-refractivity contribution in [1.29, 1.82) is 0 Å². The fourth-order valence-electron chi connectivity index (χ4n) is 1.39. The normalized spacial score (nSPS) is 10.1. The van der Waals surface area contributed by atoms with Crippen LogP contribution in [0.3, 0.4) is 0 Å². The van der Waals surface area contributed by atoms with Crippen LogP contribution in [0.1, 0.15) is 5.56 Å². The maximum Gasteiger partial charge on any atom is 0.319 e. The first-order chi connectivity index (χ1) is 8.67. The third-order valence-corrected chi connectivity index (χ3v) is 2.60. The predicted octanol–water partition coefficient (Wildman–Crippen LogP) is 2.41. The van der Waals surface area contributed by atoms with Gasteiger partial charge in [-0.15, -0.1) is 0 Å². The summed E-state index contributed by atoms with van der Waals surface area (Å²) in [5.74, 6) is 1.14. The molecule has 0 atom stereocenters. The number of aromatic nitrogens is 2. The van der Waals surface area contributed by atoms with Gasteiger partial charge >= 0.3 is 6.01 Å². The highest BCUT2D eigenvalue weighted by Crippen LogP contribution is 2.17. The molecule has 2 aromatic rings. The third-order valence-electron chi connectivity index (χ3n) is 2.20. The minimum Gasteiger partial charge on any atom is -0.497 e. The average molecular weight is 310 g/mol. The quantitative estimate of drug-likeness (QED) is 0.878. The lowest BCUT2D eigenvalue weighted by Crippen LogP contribution is -2.02. The van der Waals surface area contributed by atoms with Crippen molar-refractivity contribution in [3.8, 4) is 11.8 Å². The smallest absolute Gasteiger partial charge is 0.319 e. The Morgan fingerprint density at radius 3 is 2.83 bits per heavy atom. The van der Waals surface area contributed by atoms with Gasteiger partial charge in [-0.1, -0.05) is 12.1 Å². The molecular weight excluding hydrogens is 298 g/mol. The summed E-state index contributed by atoms with van der Waals surface area (Å²) in [6, 6.07) is 9.44. The third kappa shape index (κ3) is 3.33. The molecule has 0 saturated carbocycles. The molecule has 2 N–H and O–H groups in total. The summed E-state index contributed by atoms with van der Waals surface area (Å²) < 4.78 is 11.2. The van der Waals surface area contributed by atoms with Gasteiger partial charge < -0.3 is 15.2 Å². The summed E-state index contributed by atoms with van der Waals surface area (Å²) >= 11 is 3.23. The van der Waals surface area contributed by atoms with Gasteiger partial charge in [0.2, 0.25) is 0 Å². The molecule has 0 spiro atoms. The molecule has 1 heterocycles. The Labute approximate surface area is 113 Å². The zero-order valence-electron chi connectivity index (χ0n) is 9.76. The summed E-state index contributed by atoms with van der Waals surface area (Å²) in [4.78, 5) is 8.04. The summed E-state index contributed by atoms with van der Waals surface area (Å²) in [5.41, 5.74) is 6.56. The van der Waals surface area contributed by atoms with Crippen LogP contribution in [-0.4, -0.2) is 17.1 Å². The number of methoxy groups -OCH3 is 1. The molecule has 0 amide bonds. The highest BCUT2D eigenvalue weighted by Gasteiger charge is 2.03. The summed E-state index contributed by atoms with van der Waals surface area (Å²) in [7, 11) is 1.62. The minimum atomic E-state index is 0.240. The minimum absolute atomic E-state index is 0.240. The number of benzene rings is 1. The van der Waals surface area contributed by atoms with E-state index in [1.807, 2.05) is 24.3 Å². The van der Waals surface area contributed by atoms with Crippen molar-refractivity contribution in [2.75, 3.05) is 12.8 Å². The van der Waals surface area contributed by atoms with E-state index in [0.717, 1.165) is 11.3 Å². The molecule has 0 bridgehead atoms. The summed E-state index contributed by atoms with van der Waals surface area (Å²) in [5, 5.41) is 0. The lowest BCUT2D eigenvalue weighted by atomic mass is 10.2. The second-order valence-electron chi connectivity index (χ2n) is 3.54. The summed E-state index contributed by atoms with van der Waals surface area (Å²) in [6.07, 6.45) is 0. The van der Waals surface area contributed by atoms with Gasteiger partial charge in [0.15, 0.2) is 0 Å². The fraction of sp³-hybridized carbons (Fsp3) is 0.167. The number of rotatable bonds is 4. The molecule has 1 aromatic carbocycles. The van der Waals surface area contributed by atoms with Crippen LogP contribution in [0.4, 0.5) is 5.82 Å². The molecule has 0 unspecified atom stereocenters. The standard InChI is InChI=1S/C12H12BrN3O2/c1-17-9-4-2-3-8(5-9)7-18-12-15-10(13)6-11(14)16-12/h2-6H,7H2,1H3,(H2,14,15,16). The lowest BCUT2D eigenvalue weighted by molar-refractivity contribution is 0.280. The fourth-order valence-corrected chi connectivity index (χ4v) is 1.77. The monoisotopic (exact) mass is 309 g/mol. The van der Waals surface area contributed by atoms with Gasteiger partial charge in [0, 0.05) is 6.07 Å². The van der Waals surface area contributed by atoms with Crippen molar-refractivity contribution in [2.24, 2.45) is 0 Å². The van der Waals surface area contributed by atoms with Gasteiger partial charge in [0.05, 0.1) is 7.11 Å². The molecule has 0 aliphatic carbocycles. The van der Waals surface area contributed by atoms with Crippen LogP contribution in [-0.2, 0) is 6.61 Å². The van der Waals surface area contributed by atoms with Gasteiger partial charge in [0.25, 0.3) is 0 Å². The molecule has 0 saturated heterocycles. The van der Waals surface area contributed by atoms with E-state index in [-0.39, 0.29) is 6.01 Å². The number of ether oxygens (including phenoxy) is 2. The van der Waals surface area contributed by atoms with E-state index in [1.54, 1.807) is 13.2 Å². The highest BCUT2D eigenvalue weighted by atomic mass is 79.9. The highest BCUT2D eigenvalue weighted by molar-refractivity contribution is 9.10. The molecule has 1 aromatic heterocycles. The van der Waals surface area contributed by atoms with E-state index < -0.39 is 0 Å². The van der Waals surface area contributed by atoms with Crippen molar-refractivity contribution in [3.63, 3.8) is 0 Å². The Balaban J connectivity index is 2.06. The van der Waals surface area contributed by atoms with Crippen LogP contribution in [0.5, 0.6) is 11.8 Å². The molecular formula is C12H12BrN3O2. The Hall–Kier alpha value is -1.82. The molecule has 5 nitrogen and oxygen atoms in total. The van der Waals surface area contributed by atoms with Crippen LogP contribution in [0.2, 0.25) is 0 Å². The average Bonchev–Trinajstić information content (AvgIpc) is 2.35. The van der Waals surface area contributed by atoms with E-state index in [4.69, 9.17) is 15.2 Å². The number of nitrogens with zero attached hydrogens (tertiary/aromatic N) is 2. The molecule has 0 aliphatic heterocycles. The van der Waals surface area contributed by atoms with Crippen molar-refractivity contribution in [3.05, 3.63) is 40.5 Å². The van der Waals surface area contributed by atoms with Crippen molar-refractivity contribution < 1.29 is 9.47 Å². The molecule has 0 fully saturated rings. The van der Waals surface area contributed by atoms with Gasteiger partial charge in [-0.25, -0.2) is 0 Å². The number of nitrogens with two attached hydrogens (primary N) is 1. The first-order valence-corrected chi connectivity index (χ1v) is 6.02.